The van der Waals surface area contributed by atoms with Crippen molar-refractivity contribution >= 4 is 15.7 Å². The Morgan fingerprint density at radius 3 is 1.85 bits per heavy atom. The van der Waals surface area contributed by atoms with Crippen LogP contribution in [0.2, 0.25) is 0 Å². The maximum Gasteiger partial charge on any atom is 0.435 e. The molecule has 0 fully saturated rings. The monoisotopic (exact) mass is 475 g/mol. The van der Waals surface area contributed by atoms with Gasteiger partial charge in [0.2, 0.25) is 10.0 Å². The van der Waals surface area contributed by atoms with Crippen LogP contribution in [0.15, 0.2) is 78.9 Å². The molecule has 0 bridgehead atoms. The Balaban J connectivity index is 1.74. The standard InChI is InChI=1S/C23H17F4N3O2S/c1-33(31,32)29-19-10-12-20(13-11-19)30-21(14-22(28-30)23(25,26)27)17-4-2-15(3-5-17)16-6-8-18(24)9-7-16/h2-14,29H,1H3. The van der Waals surface area contributed by atoms with Crippen molar-refractivity contribution in [3.8, 4) is 28.1 Å². The predicted molar refractivity (Wildman–Crippen MR) is 118 cm³/mol. The molecule has 0 saturated heterocycles. The van der Waals surface area contributed by atoms with Gasteiger partial charge in [-0.05, 0) is 53.6 Å². The highest BCUT2D eigenvalue weighted by atomic mass is 32.2. The van der Waals surface area contributed by atoms with Gasteiger partial charge >= 0.3 is 6.18 Å². The number of nitrogens with zero attached hydrogens (tertiary/aromatic N) is 2. The molecule has 3 aromatic carbocycles. The number of nitrogens with one attached hydrogen (secondary N) is 1. The third kappa shape index (κ3) is 5.23. The molecule has 0 spiro atoms. The molecule has 0 aliphatic carbocycles. The zero-order valence-corrected chi connectivity index (χ0v) is 18.0. The van der Waals surface area contributed by atoms with Gasteiger partial charge in [0.05, 0.1) is 17.6 Å². The molecule has 0 saturated carbocycles. The number of hydrogen-bond acceptors (Lipinski definition) is 3. The van der Waals surface area contributed by atoms with Crippen LogP contribution in [-0.2, 0) is 16.2 Å². The van der Waals surface area contributed by atoms with E-state index in [4.69, 9.17) is 0 Å². The van der Waals surface area contributed by atoms with Crippen molar-refractivity contribution in [3.63, 3.8) is 0 Å². The number of aromatic nitrogens is 2. The van der Waals surface area contributed by atoms with Gasteiger partial charge in [0.15, 0.2) is 5.69 Å². The van der Waals surface area contributed by atoms with Crippen LogP contribution in [0, 0.1) is 5.82 Å². The Morgan fingerprint density at radius 2 is 1.33 bits per heavy atom. The third-order valence-corrected chi connectivity index (χ3v) is 5.38. The Bertz CT molecular complexity index is 1380. The van der Waals surface area contributed by atoms with E-state index in [1.165, 1.54) is 36.4 Å². The van der Waals surface area contributed by atoms with E-state index in [1.54, 1.807) is 36.4 Å². The van der Waals surface area contributed by atoms with Gasteiger partial charge in [-0.15, -0.1) is 0 Å². The van der Waals surface area contributed by atoms with Crippen LogP contribution < -0.4 is 4.72 Å². The number of rotatable bonds is 5. The molecule has 0 unspecified atom stereocenters. The quantitative estimate of drug-likeness (QED) is 0.375. The van der Waals surface area contributed by atoms with E-state index in [-0.39, 0.29) is 17.2 Å². The van der Waals surface area contributed by atoms with Crippen LogP contribution in [0.3, 0.4) is 0 Å². The smallest absolute Gasteiger partial charge is 0.284 e. The molecule has 0 atom stereocenters. The normalized spacial score (nSPS) is 12.0. The van der Waals surface area contributed by atoms with Crippen LogP contribution in [0.1, 0.15) is 5.69 Å². The van der Waals surface area contributed by atoms with Gasteiger partial charge in [0.1, 0.15) is 5.82 Å². The summed E-state index contributed by atoms with van der Waals surface area (Å²) in [7, 11) is -3.49. The van der Waals surface area contributed by atoms with Gasteiger partial charge in [-0.3, -0.25) is 4.72 Å². The van der Waals surface area contributed by atoms with Gasteiger partial charge in [-0.1, -0.05) is 36.4 Å². The maximum atomic E-state index is 13.4. The van der Waals surface area contributed by atoms with Crippen molar-refractivity contribution in [1.29, 1.82) is 0 Å². The molecule has 0 amide bonds. The number of alkyl halides is 3. The molecule has 0 aliphatic rings. The largest absolute Gasteiger partial charge is 0.435 e. The third-order valence-electron chi connectivity index (χ3n) is 4.77. The maximum absolute atomic E-state index is 13.4. The van der Waals surface area contributed by atoms with E-state index in [0.29, 0.717) is 11.3 Å². The SMILES string of the molecule is CS(=O)(=O)Nc1ccc(-n2nc(C(F)(F)F)cc2-c2ccc(-c3ccc(F)cc3)cc2)cc1. The molecule has 4 aromatic rings. The van der Waals surface area contributed by atoms with Gasteiger partial charge in [-0.2, -0.15) is 18.3 Å². The first-order chi connectivity index (χ1) is 15.5. The lowest BCUT2D eigenvalue weighted by Gasteiger charge is -2.10. The summed E-state index contributed by atoms with van der Waals surface area (Å²) in [5, 5.41) is 3.73. The molecule has 0 aliphatic heterocycles. The molecule has 1 N–H and O–H groups in total. The molecule has 5 nitrogen and oxygen atoms in total. The molecule has 170 valence electrons. The number of anilines is 1. The zero-order valence-electron chi connectivity index (χ0n) is 17.1. The Labute approximate surface area is 187 Å². The summed E-state index contributed by atoms with van der Waals surface area (Å²) >= 11 is 0. The predicted octanol–water partition coefficient (Wildman–Crippen LogP) is 5.74. The minimum atomic E-state index is -4.65. The van der Waals surface area contributed by atoms with Gasteiger partial charge in [0, 0.05) is 11.3 Å². The van der Waals surface area contributed by atoms with Crippen molar-refractivity contribution in [3.05, 3.63) is 90.4 Å². The Kier molecular flexibility index (Phi) is 5.71. The summed E-state index contributed by atoms with van der Waals surface area (Å²) in [5.41, 5.74) is 1.77. The van der Waals surface area contributed by atoms with E-state index >= 15 is 0 Å². The van der Waals surface area contributed by atoms with Gasteiger partial charge in [-0.25, -0.2) is 17.5 Å². The minimum absolute atomic E-state index is 0.205. The second-order valence-electron chi connectivity index (χ2n) is 7.33. The topological polar surface area (TPSA) is 64.0 Å². The van der Waals surface area contributed by atoms with Crippen molar-refractivity contribution in [2.24, 2.45) is 0 Å². The lowest BCUT2D eigenvalue weighted by atomic mass is 10.0. The van der Waals surface area contributed by atoms with Crippen molar-refractivity contribution in [2.75, 3.05) is 11.0 Å². The lowest BCUT2D eigenvalue weighted by Crippen LogP contribution is -2.10. The molecule has 33 heavy (non-hydrogen) atoms. The molecule has 4 rings (SSSR count). The second kappa shape index (κ2) is 8.36. The van der Waals surface area contributed by atoms with E-state index in [1.807, 2.05) is 0 Å². The molecular weight excluding hydrogens is 458 g/mol. The highest BCUT2D eigenvalue weighted by molar-refractivity contribution is 7.92. The lowest BCUT2D eigenvalue weighted by molar-refractivity contribution is -0.141. The van der Waals surface area contributed by atoms with Crippen molar-refractivity contribution in [2.45, 2.75) is 6.18 Å². The Morgan fingerprint density at radius 1 is 0.818 bits per heavy atom. The van der Waals surface area contributed by atoms with Crippen LogP contribution in [0.25, 0.3) is 28.1 Å². The first-order valence-corrected chi connectivity index (χ1v) is 11.5. The van der Waals surface area contributed by atoms with Crippen LogP contribution in [-0.4, -0.2) is 24.5 Å². The highest BCUT2D eigenvalue weighted by Crippen LogP contribution is 2.34. The molecule has 10 heteroatoms. The number of halogens is 4. The van der Waals surface area contributed by atoms with Crippen LogP contribution in [0.4, 0.5) is 23.2 Å². The highest BCUT2D eigenvalue weighted by Gasteiger charge is 2.35. The number of sulfonamides is 1. The van der Waals surface area contributed by atoms with Crippen LogP contribution >= 0.6 is 0 Å². The number of benzene rings is 3. The summed E-state index contributed by atoms with van der Waals surface area (Å²) in [4.78, 5) is 0. The van der Waals surface area contributed by atoms with E-state index in [2.05, 4.69) is 9.82 Å². The van der Waals surface area contributed by atoms with Gasteiger partial charge < -0.3 is 0 Å². The van der Waals surface area contributed by atoms with E-state index in [0.717, 1.165) is 28.1 Å². The molecule has 1 aromatic heterocycles. The van der Waals surface area contributed by atoms with E-state index < -0.39 is 21.9 Å². The Hall–Kier alpha value is -3.66. The fourth-order valence-corrected chi connectivity index (χ4v) is 3.85. The number of hydrogen-bond donors (Lipinski definition) is 1. The van der Waals surface area contributed by atoms with E-state index in [9.17, 15) is 26.0 Å². The summed E-state index contributed by atoms with van der Waals surface area (Å²) in [6, 6.07) is 19.4. The summed E-state index contributed by atoms with van der Waals surface area (Å²) in [6.45, 7) is 0. The second-order valence-corrected chi connectivity index (χ2v) is 9.08. The van der Waals surface area contributed by atoms with Gasteiger partial charge in [0.25, 0.3) is 0 Å². The molecule has 0 radical (unpaired) electrons. The minimum Gasteiger partial charge on any atom is -0.284 e. The zero-order chi connectivity index (χ0) is 23.8. The first-order valence-electron chi connectivity index (χ1n) is 9.61. The van der Waals surface area contributed by atoms with Crippen molar-refractivity contribution in [1.82, 2.24) is 9.78 Å². The molecular formula is C23H17F4N3O2S. The first kappa shape index (κ1) is 22.5. The molecule has 1 heterocycles. The fraction of sp³-hybridized carbons (Fsp3) is 0.0870. The fourth-order valence-electron chi connectivity index (χ4n) is 3.28. The average molecular weight is 475 g/mol. The summed E-state index contributed by atoms with van der Waals surface area (Å²) in [5.74, 6) is -0.364. The van der Waals surface area contributed by atoms with Crippen molar-refractivity contribution < 1.29 is 26.0 Å². The average Bonchev–Trinajstić information content (AvgIpc) is 3.20. The summed E-state index contributed by atoms with van der Waals surface area (Å²) < 4.78 is 79.6. The van der Waals surface area contributed by atoms with Crippen LogP contribution in [0.5, 0.6) is 0 Å². The summed E-state index contributed by atoms with van der Waals surface area (Å²) in [6.07, 6.45) is -3.65.